The van der Waals surface area contributed by atoms with Gasteiger partial charge >= 0.3 is 0 Å². The molecule has 82 valence electrons. The van der Waals surface area contributed by atoms with Crippen LogP contribution in [0.1, 0.15) is 19.4 Å². The van der Waals surface area contributed by atoms with Gasteiger partial charge in [-0.05, 0) is 40.6 Å². The predicted octanol–water partition coefficient (Wildman–Crippen LogP) is 3.25. The molecule has 0 saturated heterocycles. The summed E-state index contributed by atoms with van der Waals surface area (Å²) in [6.07, 6.45) is 0. The number of phenols is 1. The molecule has 2 nitrogen and oxygen atoms in total. The molecule has 2 N–H and O–H groups in total. The monoisotopic (exact) mass is 213 g/mol. The van der Waals surface area contributed by atoms with Crippen LogP contribution >= 0.6 is 0 Å². The Morgan fingerprint density at radius 1 is 1.12 bits per heavy atom. The molecule has 1 heterocycles. The van der Waals surface area contributed by atoms with Crippen LogP contribution in [0.15, 0.2) is 30.3 Å². The molecule has 0 aromatic heterocycles. The second kappa shape index (κ2) is 2.91. The molecule has 0 bridgehead atoms. The zero-order valence-corrected chi connectivity index (χ0v) is 9.54. The zero-order chi connectivity index (χ0) is 11.3. The molecule has 0 spiro atoms. The largest absolute Gasteiger partial charge is 0.508 e. The number of nitrogens with one attached hydrogen (secondary N) is 1. The van der Waals surface area contributed by atoms with Crippen LogP contribution in [-0.4, -0.2) is 11.7 Å². The fraction of sp³-hybridized carbons (Fsp3) is 0.286. The molecule has 0 radical (unpaired) electrons. The van der Waals surface area contributed by atoms with Crippen molar-refractivity contribution in [2.45, 2.75) is 19.3 Å². The van der Waals surface area contributed by atoms with Crippen molar-refractivity contribution in [3.63, 3.8) is 0 Å². The Bertz CT molecular complexity index is 572. The lowest BCUT2D eigenvalue weighted by Gasteiger charge is -2.17. The van der Waals surface area contributed by atoms with E-state index in [2.05, 4.69) is 31.3 Å². The van der Waals surface area contributed by atoms with Gasteiger partial charge < -0.3 is 10.4 Å². The molecule has 0 unspecified atom stereocenters. The van der Waals surface area contributed by atoms with Crippen molar-refractivity contribution in [3.8, 4) is 5.75 Å². The van der Waals surface area contributed by atoms with E-state index in [9.17, 15) is 5.11 Å². The van der Waals surface area contributed by atoms with Gasteiger partial charge in [0.2, 0.25) is 0 Å². The van der Waals surface area contributed by atoms with Gasteiger partial charge in [0.25, 0.3) is 0 Å². The Morgan fingerprint density at radius 3 is 2.75 bits per heavy atom. The van der Waals surface area contributed by atoms with Crippen LogP contribution in [0.4, 0.5) is 5.69 Å². The van der Waals surface area contributed by atoms with E-state index in [0.717, 1.165) is 11.9 Å². The van der Waals surface area contributed by atoms with Gasteiger partial charge in [-0.25, -0.2) is 0 Å². The van der Waals surface area contributed by atoms with Gasteiger partial charge in [0.1, 0.15) is 5.75 Å². The lowest BCUT2D eigenvalue weighted by molar-refractivity contribution is 0.476. The minimum Gasteiger partial charge on any atom is -0.508 e. The maximum atomic E-state index is 9.46. The van der Waals surface area contributed by atoms with E-state index < -0.39 is 0 Å². The summed E-state index contributed by atoms with van der Waals surface area (Å²) in [5.41, 5.74) is 2.76. The number of hydrogen-bond acceptors (Lipinski definition) is 2. The molecule has 2 heteroatoms. The highest BCUT2D eigenvalue weighted by molar-refractivity contribution is 5.89. The smallest absolute Gasteiger partial charge is 0.116 e. The third-order valence-corrected chi connectivity index (χ3v) is 3.41. The number of phenolic OH excluding ortho intramolecular Hbond substituents is 1. The van der Waals surface area contributed by atoms with Gasteiger partial charge in [-0.1, -0.05) is 19.9 Å². The van der Waals surface area contributed by atoms with E-state index in [1.807, 2.05) is 12.1 Å². The molecule has 0 aliphatic carbocycles. The Labute approximate surface area is 94.9 Å². The first-order valence-corrected chi connectivity index (χ1v) is 5.57. The summed E-state index contributed by atoms with van der Waals surface area (Å²) in [7, 11) is 0. The fourth-order valence-electron chi connectivity index (χ4n) is 2.40. The number of fused-ring (bicyclic) bond motifs is 2. The Kier molecular flexibility index (Phi) is 1.73. The van der Waals surface area contributed by atoms with E-state index in [0.29, 0.717) is 5.75 Å². The fourth-order valence-corrected chi connectivity index (χ4v) is 2.40. The minimum absolute atomic E-state index is 0.196. The first kappa shape index (κ1) is 9.52. The van der Waals surface area contributed by atoms with Gasteiger partial charge in [-0.2, -0.15) is 0 Å². The Balaban J connectivity index is 2.31. The van der Waals surface area contributed by atoms with Crippen molar-refractivity contribution in [1.29, 1.82) is 0 Å². The molecule has 0 amide bonds. The first-order valence-electron chi connectivity index (χ1n) is 5.57. The Hall–Kier alpha value is -1.70. The molecule has 0 atom stereocenters. The highest BCUT2D eigenvalue weighted by atomic mass is 16.3. The van der Waals surface area contributed by atoms with Crippen molar-refractivity contribution < 1.29 is 5.11 Å². The summed E-state index contributed by atoms with van der Waals surface area (Å²) >= 11 is 0. The number of anilines is 1. The summed E-state index contributed by atoms with van der Waals surface area (Å²) in [4.78, 5) is 0. The molecular formula is C14H15NO. The maximum absolute atomic E-state index is 9.46. The predicted molar refractivity (Wildman–Crippen MR) is 67.1 cm³/mol. The van der Waals surface area contributed by atoms with Crippen LogP contribution in [0.2, 0.25) is 0 Å². The van der Waals surface area contributed by atoms with E-state index in [1.54, 1.807) is 6.07 Å². The maximum Gasteiger partial charge on any atom is 0.116 e. The van der Waals surface area contributed by atoms with E-state index in [4.69, 9.17) is 0 Å². The number of rotatable bonds is 0. The third-order valence-electron chi connectivity index (χ3n) is 3.41. The topological polar surface area (TPSA) is 32.3 Å². The number of hydrogen-bond donors (Lipinski definition) is 2. The number of benzene rings is 2. The summed E-state index contributed by atoms with van der Waals surface area (Å²) < 4.78 is 0. The third kappa shape index (κ3) is 1.26. The summed E-state index contributed by atoms with van der Waals surface area (Å²) in [6, 6.07) is 9.87. The van der Waals surface area contributed by atoms with Gasteiger partial charge in [0.05, 0.1) is 0 Å². The normalized spacial score (nSPS) is 17.1. The molecule has 2 aromatic carbocycles. The highest BCUT2D eigenvalue weighted by Crippen LogP contribution is 2.39. The van der Waals surface area contributed by atoms with Gasteiger partial charge in [0.15, 0.2) is 0 Å². The molecule has 1 aliphatic rings. The lowest BCUT2D eigenvalue weighted by Crippen LogP contribution is -2.18. The second-order valence-electron chi connectivity index (χ2n) is 5.17. The molecular weight excluding hydrogens is 198 g/mol. The SMILES string of the molecule is CC1(C)CNc2cc3cc(O)ccc3cc21. The molecule has 1 aliphatic heterocycles. The van der Waals surface area contributed by atoms with Crippen molar-refractivity contribution in [1.82, 2.24) is 0 Å². The quantitative estimate of drug-likeness (QED) is 0.704. The van der Waals surface area contributed by atoms with Gasteiger partial charge in [0, 0.05) is 17.6 Å². The van der Waals surface area contributed by atoms with Crippen LogP contribution in [0.5, 0.6) is 5.75 Å². The van der Waals surface area contributed by atoms with Gasteiger partial charge in [-0.15, -0.1) is 0 Å². The van der Waals surface area contributed by atoms with Gasteiger partial charge in [-0.3, -0.25) is 0 Å². The molecule has 2 aromatic rings. The lowest BCUT2D eigenvalue weighted by atomic mass is 9.86. The van der Waals surface area contributed by atoms with Crippen LogP contribution in [0.25, 0.3) is 10.8 Å². The summed E-state index contributed by atoms with van der Waals surface area (Å²) in [5.74, 6) is 0.324. The van der Waals surface area contributed by atoms with Crippen LogP contribution in [-0.2, 0) is 5.41 Å². The number of aromatic hydroxyl groups is 1. The van der Waals surface area contributed by atoms with E-state index >= 15 is 0 Å². The first-order chi connectivity index (χ1) is 7.56. The average Bonchev–Trinajstić information content (AvgIpc) is 2.52. The van der Waals surface area contributed by atoms with E-state index in [1.165, 1.54) is 16.6 Å². The van der Waals surface area contributed by atoms with Crippen LogP contribution in [0, 0.1) is 0 Å². The highest BCUT2D eigenvalue weighted by Gasteiger charge is 2.29. The molecule has 3 rings (SSSR count). The van der Waals surface area contributed by atoms with E-state index in [-0.39, 0.29) is 5.41 Å². The van der Waals surface area contributed by atoms with Crippen LogP contribution < -0.4 is 5.32 Å². The van der Waals surface area contributed by atoms with Crippen molar-refractivity contribution in [2.24, 2.45) is 0 Å². The minimum atomic E-state index is 0.196. The standard InChI is InChI=1S/C14H15NO/c1-14(2)8-15-13-7-10-5-11(16)4-3-9(10)6-12(13)14/h3-7,15-16H,8H2,1-2H3. The van der Waals surface area contributed by atoms with Crippen molar-refractivity contribution in [3.05, 3.63) is 35.9 Å². The summed E-state index contributed by atoms with van der Waals surface area (Å²) in [6.45, 7) is 5.47. The molecule has 16 heavy (non-hydrogen) atoms. The second-order valence-corrected chi connectivity index (χ2v) is 5.17. The zero-order valence-electron chi connectivity index (χ0n) is 9.54. The Morgan fingerprint density at radius 2 is 1.94 bits per heavy atom. The molecule has 0 saturated carbocycles. The van der Waals surface area contributed by atoms with Crippen molar-refractivity contribution >= 4 is 16.5 Å². The summed E-state index contributed by atoms with van der Waals surface area (Å²) in [5, 5.41) is 15.2. The molecule has 0 fully saturated rings. The van der Waals surface area contributed by atoms with Crippen LogP contribution in [0.3, 0.4) is 0 Å². The average molecular weight is 213 g/mol. The van der Waals surface area contributed by atoms with Crippen molar-refractivity contribution in [2.75, 3.05) is 11.9 Å².